The van der Waals surface area contributed by atoms with Crippen LogP contribution in [0.2, 0.25) is 0 Å². The van der Waals surface area contributed by atoms with Crippen LogP contribution >= 0.6 is 0 Å². The Balaban J connectivity index is 4.59. The molecule has 0 rings (SSSR count). The fourth-order valence-electron chi connectivity index (χ4n) is 0.981. The van der Waals surface area contributed by atoms with Crippen LogP contribution in [0.5, 0.6) is 0 Å². The van der Waals surface area contributed by atoms with Gasteiger partial charge in [-0.2, -0.15) is 13.2 Å². The fraction of sp³-hybridized carbons (Fsp3) is 0.900. The molecule has 0 bridgehead atoms. The molecule has 0 fully saturated rings. The first kappa shape index (κ1) is 15.2. The van der Waals surface area contributed by atoms with Gasteiger partial charge in [0.1, 0.15) is 0 Å². The lowest BCUT2D eigenvalue weighted by Gasteiger charge is -2.29. The lowest BCUT2D eigenvalue weighted by atomic mass is 9.97. The Hall–Kier alpha value is -0.780. The number of nitrogens with one attached hydrogen (secondary N) is 1. The summed E-state index contributed by atoms with van der Waals surface area (Å²) in [4.78, 5) is 11.4. The number of halogens is 3. The Morgan fingerprint density at radius 1 is 1.38 bits per heavy atom. The highest BCUT2D eigenvalue weighted by atomic mass is 19.4. The molecular formula is C10H19F3N2O. The molecule has 0 saturated carbocycles. The van der Waals surface area contributed by atoms with Crippen molar-refractivity contribution in [1.82, 2.24) is 5.32 Å². The minimum atomic E-state index is -4.74. The normalized spacial score (nSPS) is 19.8. The summed E-state index contributed by atoms with van der Waals surface area (Å²) in [6.45, 7) is 6.09. The van der Waals surface area contributed by atoms with Crippen LogP contribution in [0.25, 0.3) is 0 Å². The average Bonchev–Trinajstić information content (AvgIpc) is 2.14. The van der Waals surface area contributed by atoms with Gasteiger partial charge in [-0.3, -0.25) is 4.79 Å². The molecule has 3 nitrogen and oxygen atoms in total. The van der Waals surface area contributed by atoms with E-state index in [1.807, 2.05) is 13.8 Å². The zero-order valence-corrected chi connectivity index (χ0v) is 9.98. The molecule has 0 aromatic heterocycles. The van der Waals surface area contributed by atoms with Crippen molar-refractivity contribution >= 4 is 5.91 Å². The predicted octanol–water partition coefficient (Wildman–Crippen LogP) is 1.82. The maximum atomic E-state index is 12.4. The summed E-state index contributed by atoms with van der Waals surface area (Å²) >= 11 is 0. The summed E-state index contributed by atoms with van der Waals surface area (Å²) in [6, 6.07) is -0.331. The molecule has 0 aromatic carbocycles. The van der Waals surface area contributed by atoms with Crippen molar-refractivity contribution in [1.29, 1.82) is 0 Å². The molecule has 3 atom stereocenters. The Bertz CT molecular complexity index is 251. The molecule has 0 radical (unpaired) electrons. The summed E-state index contributed by atoms with van der Waals surface area (Å²) in [5.41, 5.74) is 2.15. The largest absolute Gasteiger partial charge is 0.415 e. The molecule has 3 unspecified atom stereocenters. The SMILES string of the molecule is CCC(C)C(C)NC(=O)C(C)(N)C(F)(F)F. The van der Waals surface area contributed by atoms with Gasteiger partial charge in [-0.15, -0.1) is 0 Å². The van der Waals surface area contributed by atoms with Crippen molar-refractivity contribution in [3.05, 3.63) is 0 Å². The average molecular weight is 240 g/mol. The van der Waals surface area contributed by atoms with Crippen LogP contribution in [-0.2, 0) is 4.79 Å². The first-order chi connectivity index (χ1) is 7.04. The van der Waals surface area contributed by atoms with Crippen molar-refractivity contribution in [2.75, 3.05) is 0 Å². The fourth-order valence-corrected chi connectivity index (χ4v) is 0.981. The van der Waals surface area contributed by atoms with Crippen LogP contribution in [0.15, 0.2) is 0 Å². The lowest BCUT2D eigenvalue weighted by molar-refractivity contribution is -0.187. The quantitative estimate of drug-likeness (QED) is 0.787. The minimum absolute atomic E-state index is 0.105. The van der Waals surface area contributed by atoms with Crippen LogP contribution < -0.4 is 11.1 Å². The topological polar surface area (TPSA) is 55.1 Å². The third-order valence-electron chi connectivity index (χ3n) is 2.92. The van der Waals surface area contributed by atoms with Gasteiger partial charge in [-0.25, -0.2) is 0 Å². The Labute approximate surface area is 93.6 Å². The molecular weight excluding hydrogens is 221 g/mol. The van der Waals surface area contributed by atoms with Crippen LogP contribution in [0.3, 0.4) is 0 Å². The van der Waals surface area contributed by atoms with Crippen LogP contribution in [0.4, 0.5) is 13.2 Å². The molecule has 0 heterocycles. The van der Waals surface area contributed by atoms with Gasteiger partial charge >= 0.3 is 6.18 Å². The van der Waals surface area contributed by atoms with E-state index < -0.39 is 17.6 Å². The van der Waals surface area contributed by atoms with Gasteiger partial charge in [0.15, 0.2) is 5.54 Å². The molecule has 0 aromatic rings. The number of nitrogens with two attached hydrogens (primary N) is 1. The second kappa shape index (κ2) is 5.03. The summed E-state index contributed by atoms with van der Waals surface area (Å²) in [7, 11) is 0. The molecule has 0 aliphatic rings. The number of carbonyl (C=O) groups is 1. The van der Waals surface area contributed by atoms with Crippen molar-refractivity contribution < 1.29 is 18.0 Å². The first-order valence-electron chi connectivity index (χ1n) is 5.20. The van der Waals surface area contributed by atoms with Gasteiger partial charge in [-0.1, -0.05) is 20.3 Å². The highest BCUT2D eigenvalue weighted by molar-refractivity contribution is 5.86. The van der Waals surface area contributed by atoms with Crippen LogP contribution in [0, 0.1) is 5.92 Å². The Kier molecular flexibility index (Phi) is 4.79. The van der Waals surface area contributed by atoms with Gasteiger partial charge in [0.25, 0.3) is 0 Å². The number of amides is 1. The molecule has 3 N–H and O–H groups in total. The molecule has 6 heteroatoms. The van der Waals surface area contributed by atoms with E-state index in [0.717, 1.165) is 6.42 Å². The van der Waals surface area contributed by atoms with Crippen LogP contribution in [0.1, 0.15) is 34.1 Å². The maximum absolute atomic E-state index is 12.4. The van der Waals surface area contributed by atoms with Gasteiger partial charge < -0.3 is 11.1 Å². The molecule has 0 saturated heterocycles. The minimum Gasteiger partial charge on any atom is -0.351 e. The van der Waals surface area contributed by atoms with E-state index in [1.54, 1.807) is 6.92 Å². The number of rotatable bonds is 4. The lowest BCUT2D eigenvalue weighted by Crippen LogP contribution is -2.62. The first-order valence-corrected chi connectivity index (χ1v) is 5.20. The van der Waals surface area contributed by atoms with E-state index in [9.17, 15) is 18.0 Å². The highest BCUT2D eigenvalue weighted by Crippen LogP contribution is 2.28. The van der Waals surface area contributed by atoms with Gasteiger partial charge in [0.05, 0.1) is 0 Å². The highest BCUT2D eigenvalue weighted by Gasteiger charge is 2.54. The molecule has 0 aliphatic carbocycles. The maximum Gasteiger partial charge on any atom is 0.415 e. The van der Waals surface area contributed by atoms with Crippen LogP contribution in [-0.4, -0.2) is 23.7 Å². The van der Waals surface area contributed by atoms with Crippen molar-refractivity contribution in [3.8, 4) is 0 Å². The number of carbonyl (C=O) groups excluding carboxylic acids is 1. The van der Waals surface area contributed by atoms with E-state index in [1.165, 1.54) is 0 Å². The molecule has 0 aliphatic heterocycles. The van der Waals surface area contributed by atoms with E-state index in [0.29, 0.717) is 6.92 Å². The number of alkyl halides is 3. The Morgan fingerprint density at radius 2 is 1.81 bits per heavy atom. The summed E-state index contributed by atoms with van der Waals surface area (Å²) in [6.07, 6.45) is -3.97. The van der Waals surface area contributed by atoms with E-state index >= 15 is 0 Å². The zero-order chi connectivity index (χ0) is 13.1. The Morgan fingerprint density at radius 3 is 2.12 bits per heavy atom. The molecule has 16 heavy (non-hydrogen) atoms. The zero-order valence-electron chi connectivity index (χ0n) is 9.98. The van der Waals surface area contributed by atoms with Gasteiger partial charge in [0.2, 0.25) is 5.91 Å². The summed E-state index contributed by atoms with van der Waals surface area (Å²) in [5, 5.41) is 2.29. The monoisotopic (exact) mass is 240 g/mol. The molecule has 96 valence electrons. The van der Waals surface area contributed by atoms with E-state index in [2.05, 4.69) is 5.32 Å². The van der Waals surface area contributed by atoms with Crippen molar-refractivity contribution in [3.63, 3.8) is 0 Å². The second-order valence-electron chi connectivity index (χ2n) is 4.35. The third kappa shape index (κ3) is 3.37. The summed E-state index contributed by atoms with van der Waals surface area (Å²) < 4.78 is 37.3. The van der Waals surface area contributed by atoms with E-state index in [-0.39, 0.29) is 12.0 Å². The molecule has 0 spiro atoms. The predicted molar refractivity (Wildman–Crippen MR) is 55.7 cm³/mol. The van der Waals surface area contributed by atoms with E-state index in [4.69, 9.17) is 5.73 Å². The summed E-state index contributed by atoms with van der Waals surface area (Å²) in [5.74, 6) is -1.08. The van der Waals surface area contributed by atoms with Gasteiger partial charge in [0, 0.05) is 6.04 Å². The van der Waals surface area contributed by atoms with Gasteiger partial charge in [-0.05, 0) is 19.8 Å². The number of hydrogen-bond donors (Lipinski definition) is 2. The smallest absolute Gasteiger partial charge is 0.351 e. The standard InChI is InChI=1S/C10H19F3N2O/c1-5-6(2)7(3)15-8(16)9(4,14)10(11,12)13/h6-7H,5,14H2,1-4H3,(H,15,16). The van der Waals surface area contributed by atoms with Crippen molar-refractivity contribution in [2.24, 2.45) is 11.7 Å². The third-order valence-corrected chi connectivity index (χ3v) is 2.92. The second-order valence-corrected chi connectivity index (χ2v) is 4.35. The molecule has 1 amide bonds. The number of hydrogen-bond acceptors (Lipinski definition) is 2. The van der Waals surface area contributed by atoms with Crippen molar-refractivity contribution in [2.45, 2.75) is 51.9 Å².